The van der Waals surface area contributed by atoms with Gasteiger partial charge in [0.25, 0.3) is 0 Å². The molecule has 134 valence electrons. The number of carbonyl (C=O) groups is 1. The van der Waals surface area contributed by atoms with Crippen molar-refractivity contribution in [3.05, 3.63) is 46.8 Å². The normalized spacial score (nSPS) is 12.1. The lowest BCUT2D eigenvalue weighted by Crippen LogP contribution is -2.13. The van der Waals surface area contributed by atoms with Crippen LogP contribution in [0.15, 0.2) is 24.5 Å². The number of hydrogen-bond acceptors (Lipinski definition) is 6. The van der Waals surface area contributed by atoms with Crippen molar-refractivity contribution in [2.75, 3.05) is 13.7 Å². The van der Waals surface area contributed by atoms with Crippen molar-refractivity contribution in [3.8, 4) is 17.1 Å². The number of aromatic nitrogens is 5. The molecule has 0 spiro atoms. The number of halogens is 1. The molecule has 8 nitrogen and oxygen atoms in total. The van der Waals surface area contributed by atoms with Crippen molar-refractivity contribution in [2.45, 2.75) is 20.1 Å². The van der Waals surface area contributed by atoms with Gasteiger partial charge in [-0.1, -0.05) is 11.6 Å². The Morgan fingerprint density at radius 3 is 3.00 bits per heavy atom. The van der Waals surface area contributed by atoms with Crippen LogP contribution in [0.1, 0.15) is 28.9 Å². The molecule has 1 aliphatic rings. The predicted molar refractivity (Wildman–Crippen MR) is 93.4 cm³/mol. The van der Waals surface area contributed by atoms with Gasteiger partial charge in [0.05, 0.1) is 24.5 Å². The number of methoxy groups -OCH3 is 1. The Bertz CT molecular complexity index is 994. The molecule has 4 rings (SSSR count). The number of benzene rings is 1. The summed E-state index contributed by atoms with van der Waals surface area (Å²) in [6, 6.07) is 5.49. The van der Waals surface area contributed by atoms with E-state index in [4.69, 9.17) is 21.1 Å². The molecule has 0 amide bonds. The fraction of sp³-hybridized carbons (Fsp3) is 0.294. The molecule has 2 aromatic heterocycles. The van der Waals surface area contributed by atoms with Crippen molar-refractivity contribution < 1.29 is 14.3 Å². The van der Waals surface area contributed by atoms with Crippen LogP contribution in [0.4, 0.5) is 0 Å². The van der Waals surface area contributed by atoms with Gasteiger partial charge in [-0.25, -0.2) is 19.4 Å². The van der Waals surface area contributed by atoms with E-state index >= 15 is 0 Å². The lowest BCUT2D eigenvalue weighted by atomic mass is 10.1. The maximum absolute atomic E-state index is 12.3. The molecule has 0 saturated heterocycles. The highest BCUT2D eigenvalue weighted by Gasteiger charge is 2.27. The van der Waals surface area contributed by atoms with E-state index in [1.165, 1.54) is 0 Å². The predicted octanol–water partition coefficient (Wildman–Crippen LogP) is 2.47. The molecule has 0 atom stereocenters. The minimum Gasteiger partial charge on any atom is -0.461 e. The Hall–Kier alpha value is -2.71. The van der Waals surface area contributed by atoms with Crippen LogP contribution in [0.25, 0.3) is 17.1 Å². The molecule has 0 N–H and O–H groups in total. The van der Waals surface area contributed by atoms with Gasteiger partial charge in [-0.15, -0.1) is 0 Å². The second-order valence-corrected chi connectivity index (χ2v) is 6.17. The highest BCUT2D eigenvalue weighted by molar-refractivity contribution is 6.31. The van der Waals surface area contributed by atoms with Gasteiger partial charge in [0.2, 0.25) is 0 Å². The maximum Gasteiger partial charge on any atom is 0.358 e. The summed E-state index contributed by atoms with van der Waals surface area (Å²) in [6.07, 6.45) is 1.61. The molecule has 26 heavy (non-hydrogen) atoms. The van der Waals surface area contributed by atoms with E-state index in [9.17, 15) is 4.79 Å². The van der Waals surface area contributed by atoms with E-state index in [1.807, 2.05) is 16.7 Å². The summed E-state index contributed by atoms with van der Waals surface area (Å²) in [5.41, 5.74) is 2.57. The number of rotatable bonds is 4. The number of nitrogens with zero attached hydrogens (tertiary/aromatic N) is 5. The van der Waals surface area contributed by atoms with Gasteiger partial charge in [-0.05, 0) is 25.1 Å². The van der Waals surface area contributed by atoms with E-state index in [0.29, 0.717) is 35.5 Å². The van der Waals surface area contributed by atoms with Gasteiger partial charge in [0.15, 0.2) is 17.3 Å². The largest absolute Gasteiger partial charge is 0.461 e. The third kappa shape index (κ3) is 2.67. The van der Waals surface area contributed by atoms with Crippen molar-refractivity contribution in [1.29, 1.82) is 0 Å². The molecule has 0 radical (unpaired) electrons. The third-order valence-corrected chi connectivity index (χ3v) is 4.32. The summed E-state index contributed by atoms with van der Waals surface area (Å²) < 4.78 is 13.9. The summed E-state index contributed by atoms with van der Waals surface area (Å²) >= 11 is 6.21. The molecule has 0 aliphatic carbocycles. The smallest absolute Gasteiger partial charge is 0.358 e. The van der Waals surface area contributed by atoms with Gasteiger partial charge in [-0.2, -0.15) is 5.10 Å². The van der Waals surface area contributed by atoms with Crippen LogP contribution in [0.3, 0.4) is 0 Å². The Morgan fingerprint density at radius 2 is 2.23 bits per heavy atom. The fourth-order valence-corrected chi connectivity index (χ4v) is 3.20. The molecular formula is C17H16ClN5O3. The number of ether oxygens (including phenoxy) is 2. The first-order chi connectivity index (χ1) is 12.6. The number of imidazole rings is 1. The molecular weight excluding hydrogens is 358 g/mol. The van der Waals surface area contributed by atoms with Crippen LogP contribution in [0, 0.1) is 0 Å². The zero-order chi connectivity index (χ0) is 18.3. The zero-order valence-corrected chi connectivity index (χ0v) is 15.0. The van der Waals surface area contributed by atoms with Gasteiger partial charge in [0.1, 0.15) is 12.9 Å². The maximum atomic E-state index is 12.3. The Morgan fingerprint density at radius 1 is 1.38 bits per heavy atom. The number of fused-ring (bicyclic) bond motifs is 5. The quantitative estimate of drug-likeness (QED) is 0.511. The minimum absolute atomic E-state index is 0.268. The summed E-state index contributed by atoms with van der Waals surface area (Å²) in [5.74, 6) is 0.754. The standard InChI is InChI=1S/C17H16ClN5O3/c1-3-26-17(24)15-13-7-23-16(20-14(21-23)8-25-2)11-6-10(18)4-5-12(11)22(13)9-19-15/h4-6,9H,3,7-8H2,1-2H3. The van der Waals surface area contributed by atoms with Crippen LogP contribution < -0.4 is 0 Å². The fourth-order valence-electron chi connectivity index (χ4n) is 3.03. The lowest BCUT2D eigenvalue weighted by molar-refractivity contribution is 0.0518. The first kappa shape index (κ1) is 16.7. The number of esters is 1. The van der Waals surface area contributed by atoms with Crippen molar-refractivity contribution in [2.24, 2.45) is 0 Å². The van der Waals surface area contributed by atoms with Crippen molar-refractivity contribution in [3.63, 3.8) is 0 Å². The van der Waals surface area contributed by atoms with Crippen molar-refractivity contribution in [1.82, 2.24) is 24.3 Å². The molecule has 9 heteroatoms. The summed E-state index contributed by atoms with van der Waals surface area (Å²) in [5, 5.41) is 5.08. The SMILES string of the molecule is CCOC(=O)c1ncn2c1Cn1nc(COC)nc1-c1cc(Cl)ccc1-2. The van der Waals surface area contributed by atoms with Gasteiger partial charge in [-0.3, -0.25) is 4.57 Å². The van der Waals surface area contributed by atoms with Crippen LogP contribution in [-0.4, -0.2) is 44.0 Å². The molecule has 0 saturated carbocycles. The topological polar surface area (TPSA) is 84.1 Å². The van der Waals surface area contributed by atoms with Gasteiger partial charge >= 0.3 is 5.97 Å². The highest BCUT2D eigenvalue weighted by atomic mass is 35.5. The Kier molecular flexibility index (Phi) is 4.21. The molecule has 3 heterocycles. The van der Waals surface area contributed by atoms with E-state index < -0.39 is 5.97 Å². The Labute approximate surface area is 154 Å². The molecule has 0 bridgehead atoms. The van der Waals surface area contributed by atoms with E-state index in [1.54, 1.807) is 31.1 Å². The average molecular weight is 374 g/mol. The summed E-state index contributed by atoms with van der Waals surface area (Å²) in [7, 11) is 1.59. The van der Waals surface area contributed by atoms with Gasteiger partial charge in [0, 0.05) is 17.7 Å². The molecule has 0 unspecified atom stereocenters. The average Bonchev–Trinajstić information content (AvgIpc) is 3.18. The molecule has 3 aromatic rings. The molecule has 1 aromatic carbocycles. The van der Waals surface area contributed by atoms with E-state index in [-0.39, 0.29) is 12.3 Å². The van der Waals surface area contributed by atoms with Crippen molar-refractivity contribution >= 4 is 17.6 Å². The summed E-state index contributed by atoms with van der Waals surface area (Å²) in [6.45, 7) is 2.66. The highest BCUT2D eigenvalue weighted by Crippen LogP contribution is 2.33. The number of carbonyl (C=O) groups excluding carboxylic acids is 1. The first-order valence-electron chi connectivity index (χ1n) is 8.08. The number of hydrogen-bond donors (Lipinski definition) is 0. The van der Waals surface area contributed by atoms with E-state index in [2.05, 4.69) is 15.1 Å². The van der Waals surface area contributed by atoms with Crippen LogP contribution in [0.5, 0.6) is 0 Å². The Balaban J connectivity index is 1.94. The minimum atomic E-state index is -0.461. The second kappa shape index (κ2) is 6.54. The zero-order valence-electron chi connectivity index (χ0n) is 14.3. The molecule has 0 fully saturated rings. The van der Waals surface area contributed by atoms with Crippen LogP contribution in [0.2, 0.25) is 5.02 Å². The monoisotopic (exact) mass is 373 g/mol. The summed E-state index contributed by atoms with van der Waals surface area (Å²) in [4.78, 5) is 21.1. The van der Waals surface area contributed by atoms with Gasteiger partial charge < -0.3 is 9.47 Å². The second-order valence-electron chi connectivity index (χ2n) is 5.73. The van der Waals surface area contributed by atoms with E-state index in [0.717, 1.165) is 11.3 Å². The van der Waals surface area contributed by atoms with Crippen LogP contribution in [-0.2, 0) is 22.6 Å². The third-order valence-electron chi connectivity index (χ3n) is 4.08. The molecule has 1 aliphatic heterocycles. The lowest BCUT2D eigenvalue weighted by Gasteiger charge is -2.09. The van der Waals surface area contributed by atoms with Crippen LogP contribution >= 0.6 is 11.6 Å². The first-order valence-corrected chi connectivity index (χ1v) is 8.46.